The van der Waals surface area contributed by atoms with Crippen LogP contribution in [0.5, 0.6) is 0 Å². The Kier molecular flexibility index (Phi) is 2.97. The summed E-state index contributed by atoms with van der Waals surface area (Å²) in [4.78, 5) is 11.7. The first-order valence-electron chi connectivity index (χ1n) is 4.71. The molecule has 0 aliphatic carbocycles. The van der Waals surface area contributed by atoms with E-state index in [1.54, 1.807) is 6.92 Å². The molecule has 80 valence electrons. The molecule has 0 aromatic heterocycles. The van der Waals surface area contributed by atoms with E-state index in [9.17, 15) is 9.90 Å². The molecule has 2 N–H and O–H groups in total. The number of aliphatic hydroxyl groups excluding tert-OH is 1. The molecular formula is C10H16O4. The van der Waals surface area contributed by atoms with Gasteiger partial charge in [-0.05, 0) is 13.8 Å². The van der Waals surface area contributed by atoms with Crippen LogP contribution in [0.15, 0.2) is 11.3 Å². The van der Waals surface area contributed by atoms with Crippen molar-refractivity contribution >= 4 is 5.78 Å². The van der Waals surface area contributed by atoms with Crippen LogP contribution in [-0.4, -0.2) is 34.3 Å². The van der Waals surface area contributed by atoms with E-state index >= 15 is 0 Å². The lowest BCUT2D eigenvalue weighted by Crippen LogP contribution is -2.51. The Bertz CT molecular complexity index is 278. The summed E-state index contributed by atoms with van der Waals surface area (Å²) in [6.07, 6.45) is -0.0255. The minimum Gasteiger partial charge on any atom is -0.491 e. The quantitative estimate of drug-likeness (QED) is 0.676. The Morgan fingerprint density at radius 2 is 2.14 bits per heavy atom. The minimum absolute atomic E-state index is 0.190. The van der Waals surface area contributed by atoms with Gasteiger partial charge in [-0.3, -0.25) is 4.79 Å². The molecule has 0 amide bonds. The number of carbonyl (C=O) groups excluding carboxylic acids is 1. The van der Waals surface area contributed by atoms with Crippen LogP contribution < -0.4 is 0 Å². The second kappa shape index (κ2) is 3.71. The molecule has 0 radical (unpaired) electrons. The molecule has 0 saturated heterocycles. The number of rotatable bonds is 2. The number of ketones is 1. The maximum atomic E-state index is 11.7. The maximum Gasteiger partial charge on any atom is 0.199 e. The predicted molar refractivity (Wildman–Crippen MR) is 50.6 cm³/mol. The van der Waals surface area contributed by atoms with Gasteiger partial charge in [-0.2, -0.15) is 0 Å². The lowest BCUT2D eigenvalue weighted by molar-refractivity contribution is -0.149. The molecule has 0 bridgehead atoms. The first kappa shape index (κ1) is 11.2. The van der Waals surface area contributed by atoms with Gasteiger partial charge < -0.3 is 14.9 Å². The zero-order valence-electron chi connectivity index (χ0n) is 8.70. The smallest absolute Gasteiger partial charge is 0.199 e. The van der Waals surface area contributed by atoms with Gasteiger partial charge in [0.2, 0.25) is 0 Å². The van der Waals surface area contributed by atoms with E-state index in [0.717, 1.165) is 0 Å². The summed E-state index contributed by atoms with van der Waals surface area (Å²) < 4.78 is 5.37. The molecular weight excluding hydrogens is 184 g/mol. The standard InChI is InChI=1S/C10H16O4/c1-4-8-7(5-11)9(12)10(3,13)6(2)14-8/h6,11,13H,4-5H2,1-3H3/t6-,10+/m1/s1. The van der Waals surface area contributed by atoms with Crippen LogP contribution in [0.1, 0.15) is 27.2 Å². The van der Waals surface area contributed by atoms with Crippen molar-refractivity contribution in [3.63, 3.8) is 0 Å². The predicted octanol–water partition coefficient (Wildman–Crippen LogP) is 0.382. The van der Waals surface area contributed by atoms with Gasteiger partial charge >= 0.3 is 0 Å². The van der Waals surface area contributed by atoms with Gasteiger partial charge in [-0.1, -0.05) is 6.92 Å². The van der Waals surface area contributed by atoms with Crippen molar-refractivity contribution in [2.75, 3.05) is 6.61 Å². The van der Waals surface area contributed by atoms with Crippen LogP contribution in [0.3, 0.4) is 0 Å². The van der Waals surface area contributed by atoms with Crippen molar-refractivity contribution in [1.29, 1.82) is 0 Å². The Morgan fingerprint density at radius 3 is 2.57 bits per heavy atom. The Hall–Kier alpha value is -0.870. The Morgan fingerprint density at radius 1 is 1.57 bits per heavy atom. The van der Waals surface area contributed by atoms with E-state index in [4.69, 9.17) is 9.84 Å². The molecule has 0 aromatic rings. The van der Waals surface area contributed by atoms with Crippen molar-refractivity contribution in [3.05, 3.63) is 11.3 Å². The van der Waals surface area contributed by atoms with E-state index in [1.165, 1.54) is 6.92 Å². The lowest BCUT2D eigenvalue weighted by Gasteiger charge is -2.35. The van der Waals surface area contributed by atoms with Crippen LogP contribution in [0.2, 0.25) is 0 Å². The molecule has 14 heavy (non-hydrogen) atoms. The summed E-state index contributed by atoms with van der Waals surface area (Å²) in [6.45, 7) is 4.50. The number of carbonyl (C=O) groups is 1. The first-order valence-corrected chi connectivity index (χ1v) is 4.71. The van der Waals surface area contributed by atoms with E-state index < -0.39 is 17.5 Å². The summed E-state index contributed by atoms with van der Waals surface area (Å²) in [7, 11) is 0. The summed E-state index contributed by atoms with van der Waals surface area (Å²) >= 11 is 0. The van der Waals surface area contributed by atoms with Crippen LogP contribution in [0.25, 0.3) is 0 Å². The summed E-state index contributed by atoms with van der Waals surface area (Å²) in [5.41, 5.74) is -1.34. The van der Waals surface area contributed by atoms with E-state index in [2.05, 4.69) is 0 Å². The molecule has 2 atom stereocenters. The third-order valence-corrected chi connectivity index (χ3v) is 2.66. The van der Waals surface area contributed by atoms with Crippen molar-refractivity contribution in [3.8, 4) is 0 Å². The first-order chi connectivity index (χ1) is 6.45. The van der Waals surface area contributed by atoms with Gasteiger partial charge in [0.25, 0.3) is 0 Å². The third kappa shape index (κ3) is 1.55. The van der Waals surface area contributed by atoms with Gasteiger partial charge in [-0.15, -0.1) is 0 Å². The van der Waals surface area contributed by atoms with E-state index in [0.29, 0.717) is 12.2 Å². The van der Waals surface area contributed by atoms with Crippen molar-refractivity contribution in [2.24, 2.45) is 0 Å². The van der Waals surface area contributed by atoms with Gasteiger partial charge in [0.15, 0.2) is 11.4 Å². The topological polar surface area (TPSA) is 66.8 Å². The molecule has 0 unspecified atom stereocenters. The third-order valence-electron chi connectivity index (χ3n) is 2.66. The normalized spacial score (nSPS) is 33.2. The van der Waals surface area contributed by atoms with Crippen LogP contribution in [0.4, 0.5) is 0 Å². The molecule has 1 heterocycles. The van der Waals surface area contributed by atoms with E-state index in [1.807, 2.05) is 6.92 Å². The molecule has 4 heteroatoms. The van der Waals surface area contributed by atoms with Crippen molar-refractivity contribution < 1.29 is 19.7 Å². The number of ether oxygens (including phenoxy) is 1. The molecule has 1 rings (SSSR count). The van der Waals surface area contributed by atoms with E-state index in [-0.39, 0.29) is 12.2 Å². The Labute approximate surface area is 83.2 Å². The lowest BCUT2D eigenvalue weighted by atomic mass is 9.87. The summed E-state index contributed by atoms with van der Waals surface area (Å²) in [5, 5.41) is 18.8. The van der Waals surface area contributed by atoms with Crippen LogP contribution >= 0.6 is 0 Å². The van der Waals surface area contributed by atoms with Crippen LogP contribution in [-0.2, 0) is 9.53 Å². The molecule has 0 aromatic carbocycles. The number of aliphatic hydroxyl groups is 2. The van der Waals surface area contributed by atoms with Gasteiger partial charge in [-0.25, -0.2) is 0 Å². The fraction of sp³-hybridized carbons (Fsp3) is 0.700. The van der Waals surface area contributed by atoms with Gasteiger partial charge in [0.05, 0.1) is 12.2 Å². The Balaban J connectivity index is 3.13. The average Bonchev–Trinajstić information content (AvgIpc) is 2.14. The molecule has 1 aliphatic heterocycles. The highest BCUT2D eigenvalue weighted by Gasteiger charge is 2.44. The van der Waals surface area contributed by atoms with Crippen molar-refractivity contribution in [2.45, 2.75) is 38.9 Å². The second-order valence-corrected chi connectivity index (χ2v) is 3.65. The fourth-order valence-electron chi connectivity index (χ4n) is 1.47. The van der Waals surface area contributed by atoms with Gasteiger partial charge in [0, 0.05) is 6.42 Å². The van der Waals surface area contributed by atoms with Crippen LogP contribution in [0, 0.1) is 0 Å². The highest BCUT2D eigenvalue weighted by molar-refractivity contribution is 6.03. The monoisotopic (exact) mass is 200 g/mol. The summed E-state index contributed by atoms with van der Waals surface area (Å²) in [6, 6.07) is 0. The maximum absolute atomic E-state index is 11.7. The molecule has 0 spiro atoms. The molecule has 0 saturated carbocycles. The SMILES string of the molecule is CCC1=C(CO)C(=O)[C@@](C)(O)[C@@H](C)O1. The minimum atomic E-state index is -1.53. The second-order valence-electron chi connectivity index (χ2n) is 3.65. The largest absolute Gasteiger partial charge is 0.491 e. The highest BCUT2D eigenvalue weighted by atomic mass is 16.5. The molecule has 1 aliphatic rings. The number of hydrogen-bond acceptors (Lipinski definition) is 4. The zero-order chi connectivity index (χ0) is 10.9. The number of allylic oxidation sites excluding steroid dienone is 1. The number of hydrogen-bond donors (Lipinski definition) is 2. The highest BCUT2D eigenvalue weighted by Crippen LogP contribution is 2.29. The molecule has 4 nitrogen and oxygen atoms in total. The fourth-order valence-corrected chi connectivity index (χ4v) is 1.47. The summed E-state index contributed by atoms with van der Waals surface area (Å²) in [5.74, 6) is 0.0483. The number of Topliss-reactive ketones (excluding diaryl/α,β-unsaturated/α-hetero) is 1. The van der Waals surface area contributed by atoms with Gasteiger partial charge in [0.1, 0.15) is 11.9 Å². The molecule has 0 fully saturated rings. The average molecular weight is 200 g/mol. The zero-order valence-corrected chi connectivity index (χ0v) is 8.70. The van der Waals surface area contributed by atoms with Crippen molar-refractivity contribution in [1.82, 2.24) is 0 Å².